The van der Waals surface area contributed by atoms with E-state index in [1.165, 1.54) is 16.4 Å². The molecule has 0 aliphatic heterocycles. The van der Waals surface area contributed by atoms with Crippen molar-refractivity contribution in [3.05, 3.63) is 29.8 Å². The molecule has 2 rings (SSSR count). The van der Waals surface area contributed by atoms with E-state index in [4.69, 9.17) is 4.74 Å². The molecular formula is C13H17N5O2S. The maximum Gasteiger partial charge on any atom is 0.233 e. The van der Waals surface area contributed by atoms with Crippen LogP contribution in [0, 0.1) is 0 Å². The number of para-hydroxylation sites is 1. The number of nitrogens with zero attached hydrogens (tertiary/aromatic N) is 4. The van der Waals surface area contributed by atoms with Crippen LogP contribution in [-0.4, -0.2) is 38.5 Å². The molecule has 0 unspecified atom stereocenters. The first kappa shape index (κ1) is 15.3. The van der Waals surface area contributed by atoms with E-state index in [0.717, 1.165) is 11.3 Å². The van der Waals surface area contributed by atoms with Crippen molar-refractivity contribution in [1.29, 1.82) is 0 Å². The molecule has 2 aromatic rings. The highest BCUT2D eigenvalue weighted by Crippen LogP contribution is 2.20. The smallest absolute Gasteiger partial charge is 0.233 e. The Kier molecular flexibility index (Phi) is 5.15. The number of aryl methyl sites for hydroxylation is 1. The van der Waals surface area contributed by atoms with Crippen LogP contribution < -0.4 is 10.1 Å². The third kappa shape index (κ3) is 3.94. The van der Waals surface area contributed by atoms with Crippen molar-refractivity contribution >= 4 is 17.7 Å². The first-order valence-electron chi connectivity index (χ1n) is 6.40. The van der Waals surface area contributed by atoms with Crippen LogP contribution in [0.5, 0.6) is 5.75 Å². The average molecular weight is 307 g/mol. The molecule has 1 atom stereocenters. The summed E-state index contributed by atoms with van der Waals surface area (Å²) in [5, 5.41) is 14.3. The Morgan fingerprint density at radius 2 is 2.24 bits per heavy atom. The molecule has 1 heterocycles. The molecule has 1 amide bonds. The fourth-order valence-corrected chi connectivity index (χ4v) is 2.49. The second-order valence-corrected chi connectivity index (χ2v) is 5.68. The van der Waals surface area contributed by atoms with E-state index >= 15 is 0 Å². The van der Waals surface area contributed by atoms with Crippen molar-refractivity contribution in [2.45, 2.75) is 23.9 Å². The molecule has 21 heavy (non-hydrogen) atoms. The van der Waals surface area contributed by atoms with Gasteiger partial charge in [-0.2, -0.15) is 0 Å². The first-order valence-corrected chi connectivity index (χ1v) is 7.28. The molecular weight excluding hydrogens is 290 g/mol. The van der Waals surface area contributed by atoms with Crippen LogP contribution >= 0.6 is 11.8 Å². The number of ether oxygens (including phenoxy) is 1. The highest BCUT2D eigenvalue weighted by atomic mass is 32.2. The van der Waals surface area contributed by atoms with Gasteiger partial charge in [-0.05, 0) is 23.4 Å². The maximum absolute atomic E-state index is 12.1. The summed E-state index contributed by atoms with van der Waals surface area (Å²) in [5.41, 5.74) is 0.936. The van der Waals surface area contributed by atoms with Crippen LogP contribution in [0.15, 0.2) is 29.4 Å². The predicted molar refractivity (Wildman–Crippen MR) is 79.0 cm³/mol. The van der Waals surface area contributed by atoms with Gasteiger partial charge in [-0.15, -0.1) is 5.10 Å². The van der Waals surface area contributed by atoms with Gasteiger partial charge in [-0.3, -0.25) is 4.79 Å². The molecule has 112 valence electrons. The van der Waals surface area contributed by atoms with Crippen molar-refractivity contribution in [2.24, 2.45) is 7.05 Å². The van der Waals surface area contributed by atoms with Gasteiger partial charge in [0, 0.05) is 19.2 Å². The lowest BCUT2D eigenvalue weighted by Crippen LogP contribution is -2.30. The number of hydrogen-bond donors (Lipinski definition) is 1. The zero-order valence-corrected chi connectivity index (χ0v) is 12.9. The minimum absolute atomic E-state index is 0.0751. The Morgan fingerprint density at radius 1 is 1.48 bits per heavy atom. The average Bonchev–Trinajstić information content (AvgIpc) is 2.90. The summed E-state index contributed by atoms with van der Waals surface area (Å²) in [6.45, 7) is 2.24. The summed E-state index contributed by atoms with van der Waals surface area (Å²) in [4.78, 5) is 12.1. The highest BCUT2D eigenvalue weighted by Gasteiger charge is 2.17. The van der Waals surface area contributed by atoms with E-state index in [-0.39, 0.29) is 11.2 Å². The molecule has 8 heteroatoms. The van der Waals surface area contributed by atoms with E-state index in [1.54, 1.807) is 14.2 Å². The number of carbonyl (C=O) groups is 1. The van der Waals surface area contributed by atoms with Crippen LogP contribution in [0.3, 0.4) is 0 Å². The minimum Gasteiger partial charge on any atom is -0.496 e. The first-order chi connectivity index (χ1) is 10.1. The van der Waals surface area contributed by atoms with Gasteiger partial charge < -0.3 is 10.1 Å². The molecule has 1 N–H and O–H groups in total. The summed E-state index contributed by atoms with van der Waals surface area (Å²) in [7, 11) is 3.35. The second kappa shape index (κ2) is 7.07. The van der Waals surface area contributed by atoms with E-state index in [1.807, 2.05) is 31.2 Å². The van der Waals surface area contributed by atoms with Gasteiger partial charge in [0.05, 0.1) is 12.4 Å². The fourth-order valence-electron chi connectivity index (χ4n) is 1.71. The van der Waals surface area contributed by atoms with Crippen molar-refractivity contribution in [1.82, 2.24) is 25.5 Å². The molecule has 7 nitrogen and oxygen atoms in total. The molecule has 1 aromatic heterocycles. The zero-order valence-electron chi connectivity index (χ0n) is 12.1. The Labute approximate surface area is 127 Å². The van der Waals surface area contributed by atoms with Crippen molar-refractivity contribution in [3.63, 3.8) is 0 Å². The van der Waals surface area contributed by atoms with Gasteiger partial charge in [-0.25, -0.2) is 4.68 Å². The quantitative estimate of drug-likeness (QED) is 0.802. The molecule has 0 spiro atoms. The van der Waals surface area contributed by atoms with Gasteiger partial charge in [0.25, 0.3) is 0 Å². The number of rotatable bonds is 6. The summed E-state index contributed by atoms with van der Waals surface area (Å²) in [6.07, 6.45) is 0. The van der Waals surface area contributed by atoms with Gasteiger partial charge in [-0.1, -0.05) is 30.0 Å². The number of aromatic nitrogens is 4. The SMILES string of the molecule is COc1ccccc1CNC(=O)[C@@H](C)Sc1nnnn1C. The molecule has 0 saturated heterocycles. The normalized spacial score (nSPS) is 12.0. The van der Waals surface area contributed by atoms with Crippen molar-refractivity contribution < 1.29 is 9.53 Å². The topological polar surface area (TPSA) is 81.9 Å². The third-order valence-corrected chi connectivity index (χ3v) is 4.00. The number of carbonyl (C=O) groups excluding carboxylic acids is 1. The third-order valence-electron chi connectivity index (χ3n) is 2.88. The number of amides is 1. The molecule has 1 aromatic carbocycles. The van der Waals surface area contributed by atoms with Crippen molar-refractivity contribution in [3.8, 4) is 5.75 Å². The fraction of sp³-hybridized carbons (Fsp3) is 0.385. The number of tetrazole rings is 1. The predicted octanol–water partition coefficient (Wildman–Crippen LogP) is 1.02. The van der Waals surface area contributed by atoms with Crippen LogP contribution in [0.1, 0.15) is 12.5 Å². The molecule has 0 aliphatic rings. The maximum atomic E-state index is 12.1. The van der Waals surface area contributed by atoms with E-state index in [9.17, 15) is 4.79 Å². The highest BCUT2D eigenvalue weighted by molar-refractivity contribution is 8.00. The van der Waals surface area contributed by atoms with Crippen molar-refractivity contribution in [2.75, 3.05) is 7.11 Å². The molecule has 0 fully saturated rings. The van der Waals surface area contributed by atoms with Gasteiger partial charge in [0.1, 0.15) is 5.75 Å². The Bertz CT molecular complexity index is 616. The number of hydrogen-bond acceptors (Lipinski definition) is 6. The summed E-state index contributed by atoms with van der Waals surface area (Å²) in [5.74, 6) is 0.685. The van der Waals surface area contributed by atoms with Crippen LogP contribution in [-0.2, 0) is 18.4 Å². The number of thioether (sulfide) groups is 1. The lowest BCUT2D eigenvalue weighted by atomic mass is 10.2. The molecule has 0 bridgehead atoms. The van der Waals surface area contributed by atoms with Gasteiger partial charge in [0.15, 0.2) is 0 Å². The summed E-state index contributed by atoms with van der Waals surface area (Å²) in [6, 6.07) is 7.59. The Morgan fingerprint density at radius 3 is 2.90 bits per heavy atom. The minimum atomic E-state index is -0.288. The van der Waals surface area contributed by atoms with Crippen LogP contribution in [0.25, 0.3) is 0 Å². The zero-order chi connectivity index (χ0) is 15.2. The van der Waals surface area contributed by atoms with E-state index in [2.05, 4.69) is 20.8 Å². The summed E-state index contributed by atoms with van der Waals surface area (Å²) < 4.78 is 6.79. The largest absolute Gasteiger partial charge is 0.496 e. The number of nitrogens with one attached hydrogen (secondary N) is 1. The van der Waals surface area contributed by atoms with Crippen LogP contribution in [0.4, 0.5) is 0 Å². The monoisotopic (exact) mass is 307 g/mol. The Balaban J connectivity index is 1.91. The summed E-state index contributed by atoms with van der Waals surface area (Å²) >= 11 is 1.31. The standard InChI is InChI=1S/C13H17N5O2S/c1-9(21-13-15-16-17-18(13)2)12(19)14-8-10-6-4-5-7-11(10)20-3/h4-7,9H,8H2,1-3H3,(H,14,19)/t9-/m1/s1. The molecule has 0 aliphatic carbocycles. The Hall–Kier alpha value is -2.09. The molecule has 0 saturated carbocycles. The van der Waals surface area contributed by atoms with E-state index < -0.39 is 0 Å². The lowest BCUT2D eigenvalue weighted by Gasteiger charge is -2.12. The lowest BCUT2D eigenvalue weighted by molar-refractivity contribution is -0.120. The van der Waals surface area contributed by atoms with Crippen LogP contribution in [0.2, 0.25) is 0 Å². The van der Waals surface area contributed by atoms with E-state index in [0.29, 0.717) is 11.7 Å². The molecule has 0 radical (unpaired) electrons. The van der Waals surface area contributed by atoms with Gasteiger partial charge >= 0.3 is 0 Å². The van der Waals surface area contributed by atoms with Gasteiger partial charge in [0.2, 0.25) is 11.1 Å². The number of benzene rings is 1. The second-order valence-electron chi connectivity index (χ2n) is 4.37. The number of methoxy groups -OCH3 is 1.